The summed E-state index contributed by atoms with van der Waals surface area (Å²) < 4.78 is 0. The van der Waals surface area contributed by atoms with Gasteiger partial charge in [-0.3, -0.25) is 19.2 Å². The quantitative estimate of drug-likeness (QED) is 0.103. The number of carboxylic acids is 1. The number of nitrogens with one attached hydrogen (secondary N) is 4. The van der Waals surface area contributed by atoms with Crippen molar-refractivity contribution in [3.8, 4) is 0 Å². The number of imidazole rings is 1. The van der Waals surface area contributed by atoms with Crippen LogP contribution in [0.1, 0.15) is 36.9 Å². The molecule has 0 aliphatic heterocycles. The van der Waals surface area contributed by atoms with Crippen LogP contribution in [-0.2, 0) is 36.8 Å². The van der Waals surface area contributed by atoms with E-state index in [1.165, 1.54) is 12.5 Å². The predicted octanol–water partition coefficient (Wildman–Crippen LogP) is -1.93. The molecule has 4 amide bonds. The Labute approximate surface area is 225 Å². The molecule has 0 bridgehead atoms. The second-order valence-corrected chi connectivity index (χ2v) is 9.05. The van der Waals surface area contributed by atoms with E-state index in [1.54, 1.807) is 30.3 Å². The highest BCUT2D eigenvalue weighted by molar-refractivity contribution is 5.96. The minimum atomic E-state index is -1.47. The van der Waals surface area contributed by atoms with Crippen molar-refractivity contribution in [3.05, 3.63) is 54.1 Å². The summed E-state index contributed by atoms with van der Waals surface area (Å²) in [5.41, 5.74) is 18.1. The number of hydrogen-bond donors (Lipinski definition) is 8. The van der Waals surface area contributed by atoms with Crippen LogP contribution in [0.15, 0.2) is 42.9 Å². The molecule has 0 aliphatic carbocycles. The van der Waals surface area contributed by atoms with Gasteiger partial charge < -0.3 is 43.2 Å². The lowest BCUT2D eigenvalue weighted by Gasteiger charge is -2.25. The number of primary amides is 1. The van der Waals surface area contributed by atoms with E-state index in [4.69, 9.17) is 17.2 Å². The zero-order valence-electron chi connectivity index (χ0n) is 21.5. The van der Waals surface area contributed by atoms with Crippen LogP contribution in [0.2, 0.25) is 0 Å². The van der Waals surface area contributed by atoms with Crippen LogP contribution in [0.3, 0.4) is 0 Å². The summed E-state index contributed by atoms with van der Waals surface area (Å²) in [6.45, 7) is 0.367. The molecule has 212 valence electrons. The van der Waals surface area contributed by atoms with Crippen molar-refractivity contribution in [1.29, 1.82) is 0 Å². The number of aliphatic carboxylic acids is 1. The third-order valence-electron chi connectivity index (χ3n) is 5.85. The normalized spacial score (nSPS) is 13.9. The Morgan fingerprint density at radius 2 is 1.54 bits per heavy atom. The first kappa shape index (κ1) is 30.9. The Hall–Kier alpha value is -4.30. The zero-order valence-corrected chi connectivity index (χ0v) is 21.5. The summed E-state index contributed by atoms with van der Waals surface area (Å²) in [4.78, 5) is 69.0. The smallest absolute Gasteiger partial charge is 0.326 e. The number of aromatic amines is 1. The first-order chi connectivity index (χ1) is 18.6. The van der Waals surface area contributed by atoms with Crippen molar-refractivity contribution in [2.24, 2.45) is 17.2 Å². The van der Waals surface area contributed by atoms with Crippen molar-refractivity contribution >= 4 is 29.6 Å². The minimum Gasteiger partial charge on any atom is -0.480 e. The van der Waals surface area contributed by atoms with Gasteiger partial charge in [0, 0.05) is 24.7 Å². The number of carbonyl (C=O) groups is 5. The molecular weight excluding hydrogens is 508 g/mol. The SMILES string of the molecule is NCCCCC(NC(=O)C(N)Cc1cnc[nH]1)C(=O)NC(CC(N)=O)C(=O)NC(Cc1ccccc1)C(=O)O. The van der Waals surface area contributed by atoms with E-state index in [2.05, 4.69) is 25.9 Å². The molecule has 1 aromatic heterocycles. The van der Waals surface area contributed by atoms with Crippen LogP contribution in [0, 0.1) is 0 Å². The van der Waals surface area contributed by atoms with E-state index in [-0.39, 0.29) is 19.3 Å². The van der Waals surface area contributed by atoms with E-state index < -0.39 is 60.2 Å². The first-order valence-corrected chi connectivity index (χ1v) is 12.5. The summed E-state index contributed by atoms with van der Waals surface area (Å²) in [5, 5.41) is 17.0. The number of H-pyrrole nitrogens is 1. The highest BCUT2D eigenvalue weighted by Gasteiger charge is 2.31. The number of unbranched alkanes of at least 4 members (excludes halogenated alkanes) is 1. The number of nitrogens with two attached hydrogens (primary N) is 3. The molecule has 2 rings (SSSR count). The van der Waals surface area contributed by atoms with Crippen molar-refractivity contribution in [2.45, 2.75) is 62.7 Å². The molecule has 2 aromatic rings. The van der Waals surface area contributed by atoms with Gasteiger partial charge in [-0.1, -0.05) is 30.3 Å². The molecule has 0 saturated carbocycles. The summed E-state index contributed by atoms with van der Waals surface area (Å²) in [5.74, 6) is -4.47. The van der Waals surface area contributed by atoms with Crippen molar-refractivity contribution in [2.75, 3.05) is 6.54 Å². The molecule has 0 radical (unpaired) electrons. The van der Waals surface area contributed by atoms with Gasteiger partial charge in [0.2, 0.25) is 23.6 Å². The molecule has 4 unspecified atom stereocenters. The van der Waals surface area contributed by atoms with Crippen molar-refractivity contribution in [3.63, 3.8) is 0 Å². The maximum atomic E-state index is 13.2. The molecule has 0 spiro atoms. The fourth-order valence-corrected chi connectivity index (χ4v) is 3.77. The molecule has 14 heteroatoms. The minimum absolute atomic E-state index is 0.0227. The maximum Gasteiger partial charge on any atom is 0.326 e. The largest absolute Gasteiger partial charge is 0.480 e. The van der Waals surface area contributed by atoms with Crippen LogP contribution >= 0.6 is 0 Å². The molecule has 0 fully saturated rings. The van der Waals surface area contributed by atoms with E-state index >= 15 is 0 Å². The lowest BCUT2D eigenvalue weighted by molar-refractivity contribution is -0.142. The van der Waals surface area contributed by atoms with Crippen LogP contribution in [0.25, 0.3) is 0 Å². The third-order valence-corrected chi connectivity index (χ3v) is 5.85. The molecule has 4 atom stereocenters. The Morgan fingerprint density at radius 1 is 0.897 bits per heavy atom. The number of rotatable bonds is 17. The fraction of sp³-hybridized carbons (Fsp3) is 0.440. The maximum absolute atomic E-state index is 13.2. The van der Waals surface area contributed by atoms with Gasteiger partial charge >= 0.3 is 5.97 Å². The Kier molecular flexibility index (Phi) is 12.6. The van der Waals surface area contributed by atoms with Gasteiger partial charge in [0.15, 0.2) is 0 Å². The number of benzene rings is 1. The predicted molar refractivity (Wildman–Crippen MR) is 141 cm³/mol. The van der Waals surface area contributed by atoms with Gasteiger partial charge in [0.1, 0.15) is 18.1 Å². The van der Waals surface area contributed by atoms with Gasteiger partial charge in [-0.25, -0.2) is 9.78 Å². The van der Waals surface area contributed by atoms with Gasteiger partial charge in [0.25, 0.3) is 0 Å². The fourth-order valence-electron chi connectivity index (χ4n) is 3.77. The van der Waals surface area contributed by atoms with Crippen molar-refractivity contribution in [1.82, 2.24) is 25.9 Å². The Balaban J connectivity index is 2.12. The Morgan fingerprint density at radius 3 is 2.13 bits per heavy atom. The second-order valence-electron chi connectivity index (χ2n) is 9.05. The zero-order chi connectivity index (χ0) is 28.8. The number of amides is 4. The summed E-state index contributed by atoms with van der Waals surface area (Å²) in [7, 11) is 0. The molecular formula is C25H36N8O6. The number of carbonyl (C=O) groups excluding carboxylic acids is 4. The number of carboxylic acid groups (broad SMARTS) is 1. The molecule has 39 heavy (non-hydrogen) atoms. The van der Waals surface area contributed by atoms with Gasteiger partial charge in [-0.15, -0.1) is 0 Å². The first-order valence-electron chi connectivity index (χ1n) is 12.5. The molecule has 1 aromatic carbocycles. The second kappa shape index (κ2) is 15.8. The van der Waals surface area contributed by atoms with E-state index in [9.17, 15) is 29.1 Å². The number of hydrogen-bond acceptors (Lipinski definition) is 8. The molecule has 14 nitrogen and oxygen atoms in total. The van der Waals surface area contributed by atoms with Gasteiger partial charge in [0.05, 0.1) is 18.8 Å². The molecule has 0 saturated heterocycles. The van der Waals surface area contributed by atoms with Crippen LogP contribution in [0.4, 0.5) is 0 Å². The molecule has 1 heterocycles. The lowest BCUT2D eigenvalue weighted by Crippen LogP contribution is -2.58. The van der Waals surface area contributed by atoms with Crippen LogP contribution < -0.4 is 33.2 Å². The number of aromatic nitrogens is 2. The molecule has 11 N–H and O–H groups in total. The highest BCUT2D eigenvalue weighted by Crippen LogP contribution is 2.07. The average Bonchev–Trinajstić information content (AvgIpc) is 3.40. The standard InChI is InChI=1S/C25H36N8O6/c26-9-5-4-8-18(31-22(35)17(27)11-16-13-29-14-30-16)23(36)32-19(12-21(28)34)24(37)33-20(25(38)39)10-15-6-2-1-3-7-15/h1-3,6-7,13-14,17-20H,4-5,8-12,26-27H2,(H2,28,34)(H,29,30)(H,31,35)(H,32,36)(H,33,37)(H,38,39). The third kappa shape index (κ3) is 10.9. The van der Waals surface area contributed by atoms with Crippen LogP contribution in [0.5, 0.6) is 0 Å². The van der Waals surface area contributed by atoms with Crippen LogP contribution in [-0.4, -0.2) is 75.4 Å². The number of nitrogens with zero attached hydrogens (tertiary/aromatic N) is 1. The monoisotopic (exact) mass is 544 g/mol. The van der Waals surface area contributed by atoms with Gasteiger partial charge in [-0.2, -0.15) is 0 Å². The van der Waals surface area contributed by atoms with E-state index in [0.717, 1.165) is 0 Å². The van der Waals surface area contributed by atoms with Gasteiger partial charge in [-0.05, 0) is 31.4 Å². The van der Waals surface area contributed by atoms with Crippen molar-refractivity contribution < 1.29 is 29.1 Å². The van der Waals surface area contributed by atoms with E-state index in [1.807, 2.05) is 0 Å². The Bertz CT molecular complexity index is 1100. The highest BCUT2D eigenvalue weighted by atomic mass is 16.4. The lowest BCUT2D eigenvalue weighted by atomic mass is 10.0. The summed E-state index contributed by atoms with van der Waals surface area (Å²) in [6, 6.07) is 3.75. The topological polar surface area (TPSA) is 248 Å². The summed E-state index contributed by atoms with van der Waals surface area (Å²) >= 11 is 0. The van der Waals surface area contributed by atoms with E-state index in [0.29, 0.717) is 30.6 Å². The molecule has 0 aliphatic rings. The summed E-state index contributed by atoms with van der Waals surface area (Å²) in [6.07, 6.45) is 3.74. The average molecular weight is 545 g/mol.